The summed E-state index contributed by atoms with van der Waals surface area (Å²) in [7, 11) is 0. The first kappa shape index (κ1) is 21.8. The minimum absolute atomic E-state index is 0.0778. The van der Waals surface area contributed by atoms with E-state index >= 15 is 0 Å². The fourth-order valence-corrected chi connectivity index (χ4v) is 3.79. The van der Waals surface area contributed by atoms with Gasteiger partial charge in [-0.1, -0.05) is 35.9 Å². The van der Waals surface area contributed by atoms with Crippen LogP contribution in [-0.2, 0) is 19.6 Å². The molecule has 5 rings (SSSR count). The highest BCUT2D eigenvalue weighted by Crippen LogP contribution is 2.11. The predicted molar refractivity (Wildman–Crippen MR) is 130 cm³/mol. The monoisotopic (exact) mass is 472 g/mol. The molecular weight excluding hydrogens is 452 g/mol. The molecule has 4 heterocycles. The Bertz CT molecular complexity index is 1540. The first-order chi connectivity index (χ1) is 16.5. The highest BCUT2D eigenvalue weighted by atomic mass is 35.5. The Morgan fingerprint density at radius 1 is 0.882 bits per heavy atom. The molecule has 0 saturated carbocycles. The van der Waals surface area contributed by atoms with E-state index in [4.69, 9.17) is 11.6 Å². The van der Waals surface area contributed by atoms with Gasteiger partial charge >= 0.3 is 0 Å². The van der Waals surface area contributed by atoms with Gasteiger partial charge in [-0.3, -0.25) is 14.0 Å². The number of fused-ring (bicyclic) bond motifs is 2. The van der Waals surface area contributed by atoms with E-state index < -0.39 is 5.91 Å². The average Bonchev–Trinajstić information content (AvgIpc) is 3.26. The second-order valence-electron chi connectivity index (χ2n) is 7.86. The van der Waals surface area contributed by atoms with Crippen molar-refractivity contribution in [3.8, 4) is 0 Å². The van der Waals surface area contributed by atoms with Crippen molar-refractivity contribution in [3.05, 3.63) is 117 Å². The molecular formula is C25H21ClN6O2. The first-order valence-corrected chi connectivity index (χ1v) is 11.1. The van der Waals surface area contributed by atoms with Gasteiger partial charge in [0.25, 0.3) is 11.5 Å². The van der Waals surface area contributed by atoms with Gasteiger partial charge in [-0.15, -0.1) is 0 Å². The summed E-state index contributed by atoms with van der Waals surface area (Å²) in [5, 5.41) is 6.93. The van der Waals surface area contributed by atoms with Crippen LogP contribution in [0.3, 0.4) is 0 Å². The second-order valence-corrected chi connectivity index (χ2v) is 8.29. The van der Waals surface area contributed by atoms with Crippen LogP contribution in [0.4, 0.5) is 0 Å². The number of nitrogens with one attached hydrogen (secondary N) is 2. The Balaban J connectivity index is 1.22. The number of pyridine rings is 2. The van der Waals surface area contributed by atoms with E-state index in [0.717, 1.165) is 28.3 Å². The van der Waals surface area contributed by atoms with Crippen LogP contribution < -0.4 is 16.2 Å². The van der Waals surface area contributed by atoms with Crippen molar-refractivity contribution in [1.29, 1.82) is 0 Å². The first-order valence-electron chi connectivity index (χ1n) is 10.7. The number of halogens is 1. The molecule has 0 unspecified atom stereocenters. The number of rotatable bonds is 7. The standard InChI is InChI=1S/C25H21ClN6O2/c26-19-7-4-17(5-8-19)12-27-13-18-6-9-22-29-20(16-31(22)15-18)14-28-25(34)21-11-24(33)32-10-2-1-3-23(32)30-21/h1-11,15-16,27H,12-14H2,(H,28,34). The molecule has 0 aliphatic carbocycles. The highest BCUT2D eigenvalue weighted by molar-refractivity contribution is 6.30. The van der Waals surface area contributed by atoms with Crippen molar-refractivity contribution in [2.24, 2.45) is 0 Å². The van der Waals surface area contributed by atoms with Gasteiger partial charge in [0.15, 0.2) is 0 Å². The molecule has 34 heavy (non-hydrogen) atoms. The maximum atomic E-state index is 12.6. The van der Waals surface area contributed by atoms with Crippen LogP contribution in [0.5, 0.6) is 0 Å². The van der Waals surface area contributed by atoms with Gasteiger partial charge in [0, 0.05) is 42.8 Å². The van der Waals surface area contributed by atoms with Crippen molar-refractivity contribution >= 4 is 28.8 Å². The van der Waals surface area contributed by atoms with Crippen LogP contribution in [0, 0.1) is 0 Å². The molecule has 9 heteroatoms. The van der Waals surface area contributed by atoms with Crippen molar-refractivity contribution in [1.82, 2.24) is 29.4 Å². The number of amides is 1. The summed E-state index contributed by atoms with van der Waals surface area (Å²) in [4.78, 5) is 33.6. The number of aromatic nitrogens is 4. The molecule has 0 spiro atoms. The number of carbonyl (C=O) groups excluding carboxylic acids is 1. The van der Waals surface area contributed by atoms with E-state index in [1.165, 1.54) is 10.5 Å². The van der Waals surface area contributed by atoms with Gasteiger partial charge in [0.1, 0.15) is 17.0 Å². The van der Waals surface area contributed by atoms with Crippen LogP contribution in [-0.4, -0.2) is 24.7 Å². The Hall–Kier alpha value is -4.01. The molecule has 8 nitrogen and oxygen atoms in total. The van der Waals surface area contributed by atoms with Crippen LogP contribution in [0.2, 0.25) is 5.02 Å². The average molecular weight is 473 g/mol. The third-order valence-electron chi connectivity index (χ3n) is 5.37. The minimum Gasteiger partial charge on any atom is -0.345 e. The van der Waals surface area contributed by atoms with E-state index in [9.17, 15) is 9.59 Å². The molecule has 0 fully saturated rings. The Kier molecular flexibility index (Phi) is 6.07. The lowest BCUT2D eigenvalue weighted by molar-refractivity contribution is 0.0945. The number of hydrogen-bond acceptors (Lipinski definition) is 5. The molecule has 0 atom stereocenters. The van der Waals surface area contributed by atoms with E-state index in [2.05, 4.69) is 20.6 Å². The summed E-state index contributed by atoms with van der Waals surface area (Å²) < 4.78 is 3.32. The largest absolute Gasteiger partial charge is 0.345 e. The van der Waals surface area contributed by atoms with Crippen LogP contribution in [0.25, 0.3) is 11.3 Å². The van der Waals surface area contributed by atoms with Crippen LogP contribution in [0.15, 0.2) is 84.0 Å². The van der Waals surface area contributed by atoms with Crippen molar-refractivity contribution in [2.45, 2.75) is 19.6 Å². The number of carbonyl (C=O) groups is 1. The highest BCUT2D eigenvalue weighted by Gasteiger charge is 2.11. The summed E-state index contributed by atoms with van der Waals surface area (Å²) >= 11 is 5.93. The van der Waals surface area contributed by atoms with E-state index in [-0.39, 0.29) is 17.8 Å². The lowest BCUT2D eigenvalue weighted by atomic mass is 10.2. The maximum absolute atomic E-state index is 12.6. The minimum atomic E-state index is -0.424. The molecule has 0 radical (unpaired) electrons. The lowest BCUT2D eigenvalue weighted by Crippen LogP contribution is -2.27. The van der Waals surface area contributed by atoms with E-state index in [1.54, 1.807) is 24.4 Å². The zero-order chi connectivity index (χ0) is 23.5. The number of hydrogen-bond donors (Lipinski definition) is 2. The van der Waals surface area contributed by atoms with Crippen molar-refractivity contribution in [3.63, 3.8) is 0 Å². The number of nitrogens with zero attached hydrogens (tertiary/aromatic N) is 4. The van der Waals surface area contributed by atoms with Gasteiger partial charge < -0.3 is 15.0 Å². The molecule has 0 aliphatic heterocycles. The predicted octanol–water partition coefficient (Wildman–Crippen LogP) is 3.22. The topological polar surface area (TPSA) is 92.8 Å². The fourth-order valence-electron chi connectivity index (χ4n) is 3.67. The van der Waals surface area contributed by atoms with Crippen LogP contribution in [0.1, 0.15) is 27.3 Å². The van der Waals surface area contributed by atoms with Gasteiger partial charge in [-0.2, -0.15) is 0 Å². The van der Waals surface area contributed by atoms with Crippen LogP contribution >= 0.6 is 11.6 Å². The van der Waals surface area contributed by atoms with E-state index in [0.29, 0.717) is 17.9 Å². The van der Waals surface area contributed by atoms with Crippen molar-refractivity contribution in [2.75, 3.05) is 0 Å². The van der Waals surface area contributed by atoms with Gasteiger partial charge in [-0.05, 0) is 41.5 Å². The molecule has 0 aliphatic rings. The Labute approximate surface area is 199 Å². The third-order valence-corrected chi connectivity index (χ3v) is 5.62. The van der Waals surface area contributed by atoms with E-state index in [1.807, 2.05) is 53.2 Å². The van der Waals surface area contributed by atoms with Crippen molar-refractivity contribution < 1.29 is 4.79 Å². The quantitative estimate of drug-likeness (QED) is 0.379. The zero-order valence-corrected chi connectivity index (χ0v) is 18.9. The normalized spacial score (nSPS) is 11.2. The summed E-state index contributed by atoms with van der Waals surface area (Å²) in [6.07, 6.45) is 5.50. The molecule has 1 aromatic carbocycles. The summed E-state index contributed by atoms with van der Waals surface area (Å²) in [6, 6.07) is 18.1. The maximum Gasteiger partial charge on any atom is 0.270 e. The Morgan fingerprint density at radius 2 is 1.68 bits per heavy atom. The molecule has 170 valence electrons. The zero-order valence-electron chi connectivity index (χ0n) is 18.1. The van der Waals surface area contributed by atoms with Gasteiger partial charge in [0.2, 0.25) is 0 Å². The molecule has 5 aromatic rings. The molecule has 1 amide bonds. The Morgan fingerprint density at radius 3 is 2.53 bits per heavy atom. The third kappa shape index (κ3) is 4.83. The molecule has 0 bridgehead atoms. The summed E-state index contributed by atoms with van der Waals surface area (Å²) in [5.74, 6) is -0.424. The summed E-state index contributed by atoms with van der Waals surface area (Å²) in [6.45, 7) is 1.66. The number of benzene rings is 1. The SMILES string of the molecule is O=C(NCc1cn2cc(CNCc3ccc(Cl)cc3)ccc2n1)c1cc(=O)n2ccccc2n1. The summed E-state index contributed by atoms with van der Waals surface area (Å²) in [5.41, 5.74) is 3.95. The smallest absolute Gasteiger partial charge is 0.270 e. The fraction of sp³-hybridized carbons (Fsp3) is 0.120. The molecule has 0 saturated heterocycles. The second kappa shape index (κ2) is 9.46. The molecule has 2 N–H and O–H groups in total. The van der Waals surface area contributed by atoms with Gasteiger partial charge in [-0.25, -0.2) is 9.97 Å². The molecule has 4 aromatic heterocycles. The number of imidazole rings is 1. The lowest BCUT2D eigenvalue weighted by Gasteiger charge is -2.06. The van der Waals surface area contributed by atoms with Gasteiger partial charge in [0.05, 0.1) is 12.2 Å².